The van der Waals surface area contributed by atoms with Crippen LogP contribution in [0.4, 0.5) is 16.2 Å². The highest BCUT2D eigenvalue weighted by atomic mass is 35.5. The minimum Gasteiger partial charge on any atom is -0.425 e. The van der Waals surface area contributed by atoms with Crippen LogP contribution in [0.2, 0.25) is 5.02 Å². The van der Waals surface area contributed by atoms with Crippen molar-refractivity contribution < 1.29 is 19.1 Å². The van der Waals surface area contributed by atoms with E-state index in [4.69, 9.17) is 26.1 Å². The van der Waals surface area contributed by atoms with Crippen molar-refractivity contribution >= 4 is 40.9 Å². The number of para-hydroxylation sites is 1. The van der Waals surface area contributed by atoms with Gasteiger partial charge in [-0.3, -0.25) is 4.79 Å². The van der Waals surface area contributed by atoms with Gasteiger partial charge in [0.2, 0.25) is 6.29 Å². The number of nitrogens with zero attached hydrogens (tertiary/aromatic N) is 4. The summed E-state index contributed by atoms with van der Waals surface area (Å²) in [4.78, 5) is 37.4. The van der Waals surface area contributed by atoms with E-state index in [2.05, 4.69) is 23.8 Å². The van der Waals surface area contributed by atoms with Crippen LogP contribution in [0.25, 0.3) is 5.82 Å². The summed E-state index contributed by atoms with van der Waals surface area (Å²) >= 11 is 6.44. The Balaban J connectivity index is 1.38. The molecule has 0 saturated carbocycles. The molecule has 1 saturated heterocycles. The minimum atomic E-state index is -1.05. The van der Waals surface area contributed by atoms with Crippen molar-refractivity contribution in [3.63, 3.8) is 0 Å². The van der Waals surface area contributed by atoms with Crippen molar-refractivity contribution in [3.8, 4) is 0 Å². The van der Waals surface area contributed by atoms with E-state index >= 15 is 0 Å². The van der Waals surface area contributed by atoms with Gasteiger partial charge in [-0.2, -0.15) is 0 Å². The third kappa shape index (κ3) is 9.70. The molecule has 1 amide bonds. The molecule has 9 heteroatoms. The summed E-state index contributed by atoms with van der Waals surface area (Å²) in [5, 5.41) is 2.06. The summed E-state index contributed by atoms with van der Waals surface area (Å²) in [5.41, 5.74) is 1.12. The molecule has 0 bridgehead atoms. The van der Waals surface area contributed by atoms with E-state index in [1.807, 2.05) is 24.3 Å². The van der Waals surface area contributed by atoms with E-state index in [-0.39, 0.29) is 5.97 Å². The van der Waals surface area contributed by atoms with Crippen molar-refractivity contribution in [3.05, 3.63) is 58.1 Å². The molecule has 1 fully saturated rings. The van der Waals surface area contributed by atoms with Gasteiger partial charge in [0, 0.05) is 49.8 Å². The summed E-state index contributed by atoms with van der Waals surface area (Å²) in [6.45, 7) is 6.98. The Kier molecular flexibility index (Phi) is 13.4. The maximum Gasteiger partial charge on any atom is 0.423 e. The molecule has 0 aromatic heterocycles. The average molecular weight is 625 g/mol. The fraction of sp³-hybridized carbons (Fsp3) is 0.571. The lowest BCUT2D eigenvalue weighted by atomic mass is 10.1. The van der Waals surface area contributed by atoms with Crippen molar-refractivity contribution in [1.29, 1.82) is 0 Å². The standard InChI is InChI=1S/C35H49ClN4O4/c1-4-5-6-7-8-9-10-11-12-13-14-19-33(41)43-27(2)44-35(42)40-32-26-28(36)20-21-31(32)37-30-18-16-15-17-29(30)34(40)39-24-22-38(3)23-25-39/h15-18,20-21,26-27H,4-14,19,22-25H2,1-3H3. The first-order chi connectivity index (χ1) is 21.4. The quantitative estimate of drug-likeness (QED) is 0.119. The molecule has 0 radical (unpaired) electrons. The van der Waals surface area contributed by atoms with Gasteiger partial charge in [0.05, 0.1) is 16.7 Å². The van der Waals surface area contributed by atoms with E-state index in [1.165, 1.54) is 56.3 Å². The fourth-order valence-corrected chi connectivity index (χ4v) is 5.97. The van der Waals surface area contributed by atoms with Crippen LogP contribution in [0, 0.1) is 0 Å². The Morgan fingerprint density at radius 3 is 2.18 bits per heavy atom. The van der Waals surface area contributed by atoms with Crippen molar-refractivity contribution in [1.82, 2.24) is 9.80 Å². The van der Waals surface area contributed by atoms with Crippen LogP contribution in [0.5, 0.6) is 0 Å². The van der Waals surface area contributed by atoms with Gasteiger partial charge in [-0.15, -0.1) is 0 Å². The highest BCUT2D eigenvalue weighted by Crippen LogP contribution is 2.36. The van der Waals surface area contributed by atoms with Crippen LogP contribution in [0.3, 0.4) is 0 Å². The molecular formula is C35H49ClN4O4. The molecule has 240 valence electrons. The van der Waals surface area contributed by atoms with Crippen LogP contribution in [-0.2, 0) is 14.3 Å². The molecule has 2 aliphatic rings. The number of piperazine rings is 1. The van der Waals surface area contributed by atoms with Crippen molar-refractivity contribution in [2.75, 3.05) is 38.1 Å². The molecule has 44 heavy (non-hydrogen) atoms. The first-order valence-corrected chi connectivity index (χ1v) is 16.9. The predicted molar refractivity (Wildman–Crippen MR) is 176 cm³/mol. The Bertz CT molecular complexity index is 1360. The van der Waals surface area contributed by atoms with Gasteiger partial charge in [0.15, 0.2) is 0 Å². The average Bonchev–Trinajstić information content (AvgIpc) is 3.14. The maximum absolute atomic E-state index is 14.0. The molecule has 2 aromatic carbocycles. The van der Waals surface area contributed by atoms with E-state index in [1.54, 1.807) is 25.1 Å². The second-order valence-corrected chi connectivity index (χ2v) is 12.4. The lowest BCUT2D eigenvalue weighted by Gasteiger charge is -2.39. The van der Waals surface area contributed by atoms with Crippen LogP contribution >= 0.6 is 11.6 Å². The number of anilines is 1. The lowest BCUT2D eigenvalue weighted by Crippen LogP contribution is -2.51. The second-order valence-electron chi connectivity index (χ2n) is 11.9. The minimum absolute atomic E-state index is 0.311. The summed E-state index contributed by atoms with van der Waals surface area (Å²) in [6, 6.07) is 13.1. The maximum atomic E-state index is 14.0. The molecule has 1 atom stereocenters. The number of halogens is 1. The van der Waals surface area contributed by atoms with Crippen molar-refractivity contribution in [2.24, 2.45) is 4.99 Å². The molecule has 0 spiro atoms. The smallest absolute Gasteiger partial charge is 0.423 e. The zero-order valence-corrected chi connectivity index (χ0v) is 27.5. The summed E-state index contributed by atoms with van der Waals surface area (Å²) in [7, 11) is 2.09. The first kappa shape index (κ1) is 33.8. The fourth-order valence-electron chi connectivity index (χ4n) is 5.81. The monoisotopic (exact) mass is 624 g/mol. The number of ether oxygens (including phenoxy) is 2. The van der Waals surface area contributed by atoms with Gasteiger partial charge < -0.3 is 19.3 Å². The van der Waals surface area contributed by atoms with Gasteiger partial charge in [-0.1, -0.05) is 94.9 Å². The molecule has 8 nitrogen and oxygen atoms in total. The van der Waals surface area contributed by atoms with Gasteiger partial charge in [0.25, 0.3) is 0 Å². The number of carbonyl (C=O) groups excluding carboxylic acids is 2. The number of fused-ring (bicyclic) bond motifs is 2. The Hall–Kier alpha value is -3.10. The van der Waals surface area contributed by atoms with E-state index in [0.29, 0.717) is 28.6 Å². The van der Waals surface area contributed by atoms with Crippen LogP contribution < -0.4 is 15.5 Å². The molecule has 0 aliphatic carbocycles. The Labute approximate surface area is 267 Å². The van der Waals surface area contributed by atoms with Crippen LogP contribution in [0.15, 0.2) is 47.5 Å². The number of unbranched alkanes of at least 4 members (excludes halogenated alkanes) is 10. The SMILES string of the molecule is CCCCCCCCCCCCCC(=O)OC(C)OC(=O)N1C(N2CCN(C)CC2)=c2ccccc2=Nc2ccc(Cl)cc21. The topological polar surface area (TPSA) is 74.7 Å². The second kappa shape index (κ2) is 17.4. The van der Waals surface area contributed by atoms with Crippen LogP contribution in [0.1, 0.15) is 90.9 Å². The third-order valence-corrected chi connectivity index (χ3v) is 8.55. The van der Waals surface area contributed by atoms with Gasteiger partial charge in [0.1, 0.15) is 5.82 Å². The van der Waals surface area contributed by atoms with E-state index in [0.717, 1.165) is 56.0 Å². The zero-order chi connectivity index (χ0) is 31.3. The highest BCUT2D eigenvalue weighted by molar-refractivity contribution is 6.31. The third-order valence-electron chi connectivity index (χ3n) is 8.31. The van der Waals surface area contributed by atoms with E-state index < -0.39 is 12.4 Å². The number of amides is 1. The summed E-state index contributed by atoms with van der Waals surface area (Å²) < 4.78 is 11.3. The molecule has 2 aromatic rings. The number of carbonyl (C=O) groups is 2. The molecule has 2 aliphatic heterocycles. The van der Waals surface area contributed by atoms with Gasteiger partial charge in [-0.05, 0) is 43.8 Å². The van der Waals surface area contributed by atoms with Crippen molar-refractivity contribution in [2.45, 2.75) is 97.2 Å². The van der Waals surface area contributed by atoms with Gasteiger partial charge in [-0.25, -0.2) is 14.7 Å². The first-order valence-electron chi connectivity index (χ1n) is 16.5. The van der Waals surface area contributed by atoms with E-state index in [9.17, 15) is 9.59 Å². The Morgan fingerprint density at radius 2 is 1.50 bits per heavy atom. The molecule has 0 N–H and O–H groups in total. The number of rotatable bonds is 15. The molecule has 2 heterocycles. The number of benzene rings is 2. The number of esters is 1. The predicted octanol–water partition coefficient (Wildman–Crippen LogP) is 7.15. The highest BCUT2D eigenvalue weighted by Gasteiger charge is 2.33. The normalized spacial score (nSPS) is 15.6. The lowest BCUT2D eigenvalue weighted by molar-refractivity contribution is -0.164. The summed E-state index contributed by atoms with van der Waals surface area (Å²) in [5.74, 6) is 0.326. The number of hydrogen-bond donors (Lipinski definition) is 0. The molecular weight excluding hydrogens is 576 g/mol. The number of likely N-dealkylation sites (N-methyl/N-ethyl adjacent to an activating group) is 1. The summed E-state index contributed by atoms with van der Waals surface area (Å²) in [6.07, 6.45) is 11.9. The molecule has 1 unspecified atom stereocenters. The molecule has 4 rings (SSSR count). The number of hydrogen-bond acceptors (Lipinski definition) is 7. The largest absolute Gasteiger partial charge is 0.425 e. The zero-order valence-electron chi connectivity index (χ0n) is 26.7. The van der Waals surface area contributed by atoms with Gasteiger partial charge >= 0.3 is 12.1 Å². The van der Waals surface area contributed by atoms with Crippen LogP contribution in [-0.4, -0.2) is 61.4 Å². The Morgan fingerprint density at radius 1 is 0.864 bits per heavy atom.